The average molecular weight is 411 g/mol. The maximum absolute atomic E-state index is 12.4. The molecule has 2 rings (SSSR count). The van der Waals surface area contributed by atoms with Gasteiger partial charge in [0.2, 0.25) is 10.0 Å². The Morgan fingerprint density at radius 1 is 1.15 bits per heavy atom. The first-order valence-corrected chi connectivity index (χ1v) is 9.74. The molecule has 144 valence electrons. The van der Waals surface area contributed by atoms with Crippen molar-refractivity contribution in [3.05, 3.63) is 59.1 Å². The quantitative estimate of drug-likeness (QED) is 0.708. The summed E-state index contributed by atoms with van der Waals surface area (Å²) in [6.45, 7) is 0.788. The molecule has 7 nitrogen and oxygen atoms in total. The first-order chi connectivity index (χ1) is 12.7. The molecule has 0 unspecified atom stereocenters. The number of anilines is 1. The number of hydrogen-bond acceptors (Lipinski definition) is 5. The van der Waals surface area contributed by atoms with E-state index in [4.69, 9.17) is 16.3 Å². The number of rotatable bonds is 7. The van der Waals surface area contributed by atoms with Gasteiger partial charge < -0.3 is 10.1 Å². The minimum atomic E-state index is -3.83. The second kappa shape index (κ2) is 8.98. The third-order valence-electron chi connectivity index (χ3n) is 3.55. The molecular formula is C18H19ClN2O5S. The fourth-order valence-corrected chi connectivity index (χ4v) is 3.42. The third kappa shape index (κ3) is 6.06. The van der Waals surface area contributed by atoms with Crippen molar-refractivity contribution in [2.24, 2.45) is 0 Å². The molecule has 9 heteroatoms. The van der Waals surface area contributed by atoms with E-state index in [-0.39, 0.29) is 4.90 Å². The number of hydrogen-bond donors (Lipinski definition) is 1. The van der Waals surface area contributed by atoms with Gasteiger partial charge in [-0.15, -0.1) is 0 Å². The van der Waals surface area contributed by atoms with Crippen molar-refractivity contribution in [1.82, 2.24) is 4.31 Å². The molecule has 0 spiro atoms. The molecule has 0 heterocycles. The molecule has 0 aliphatic heterocycles. The predicted octanol–water partition coefficient (Wildman–Crippen LogP) is 2.45. The fraction of sp³-hybridized carbons (Fsp3) is 0.222. The van der Waals surface area contributed by atoms with E-state index in [0.29, 0.717) is 10.7 Å². The molecule has 27 heavy (non-hydrogen) atoms. The van der Waals surface area contributed by atoms with E-state index in [1.165, 1.54) is 19.2 Å². The van der Waals surface area contributed by atoms with E-state index in [1.54, 1.807) is 36.4 Å². The number of esters is 1. The van der Waals surface area contributed by atoms with Crippen LogP contribution in [0.5, 0.6) is 0 Å². The number of nitrogens with one attached hydrogen (secondary N) is 1. The summed E-state index contributed by atoms with van der Waals surface area (Å²) in [6, 6.07) is 12.8. The molecule has 0 saturated carbocycles. The lowest BCUT2D eigenvalue weighted by Crippen LogP contribution is -2.34. The molecule has 2 aromatic carbocycles. The van der Waals surface area contributed by atoms with Gasteiger partial charge in [-0.25, -0.2) is 8.42 Å². The standard InChI is InChI=1S/C18H19ClN2O5S/c1-13-6-8-16(9-7-13)27(24,25)21(2)11-18(23)26-12-17(22)20-15-5-3-4-14(19)10-15/h3-10H,11-12H2,1-2H3,(H,20,22). The van der Waals surface area contributed by atoms with Gasteiger partial charge in [0.15, 0.2) is 6.61 Å². The Kier molecular flexibility index (Phi) is 6.95. The van der Waals surface area contributed by atoms with E-state index in [2.05, 4.69) is 5.32 Å². The monoisotopic (exact) mass is 410 g/mol. The summed E-state index contributed by atoms with van der Waals surface area (Å²) in [5.41, 5.74) is 1.38. The van der Waals surface area contributed by atoms with Gasteiger partial charge in [-0.1, -0.05) is 35.4 Å². The van der Waals surface area contributed by atoms with Crippen LogP contribution in [0.2, 0.25) is 5.02 Å². The highest BCUT2D eigenvalue weighted by molar-refractivity contribution is 7.89. The van der Waals surface area contributed by atoms with Crippen molar-refractivity contribution >= 4 is 39.2 Å². The summed E-state index contributed by atoms with van der Waals surface area (Å²) in [5, 5.41) is 2.97. The van der Waals surface area contributed by atoms with Gasteiger partial charge in [0.25, 0.3) is 5.91 Å². The smallest absolute Gasteiger partial charge is 0.321 e. The van der Waals surface area contributed by atoms with E-state index < -0.39 is 35.1 Å². The topological polar surface area (TPSA) is 92.8 Å². The van der Waals surface area contributed by atoms with E-state index >= 15 is 0 Å². The second-order valence-corrected chi connectivity index (χ2v) is 8.27. The van der Waals surface area contributed by atoms with Crippen LogP contribution in [-0.4, -0.2) is 44.8 Å². The van der Waals surface area contributed by atoms with Gasteiger partial charge in [-0.3, -0.25) is 9.59 Å². The molecular weight excluding hydrogens is 392 g/mol. The molecule has 0 aliphatic rings. The molecule has 0 fully saturated rings. The lowest BCUT2D eigenvalue weighted by molar-refractivity contribution is -0.147. The van der Waals surface area contributed by atoms with Gasteiger partial charge >= 0.3 is 5.97 Å². The van der Waals surface area contributed by atoms with Crippen molar-refractivity contribution in [3.8, 4) is 0 Å². The van der Waals surface area contributed by atoms with E-state index in [0.717, 1.165) is 9.87 Å². The Balaban J connectivity index is 1.87. The van der Waals surface area contributed by atoms with Crippen LogP contribution in [0.3, 0.4) is 0 Å². The number of likely N-dealkylation sites (N-methyl/N-ethyl adjacent to an activating group) is 1. The zero-order chi connectivity index (χ0) is 20.0. The summed E-state index contributed by atoms with van der Waals surface area (Å²) in [5.74, 6) is -1.40. The molecule has 2 aromatic rings. The van der Waals surface area contributed by atoms with E-state index in [9.17, 15) is 18.0 Å². The minimum absolute atomic E-state index is 0.0714. The predicted molar refractivity (Wildman–Crippen MR) is 102 cm³/mol. The van der Waals surface area contributed by atoms with Gasteiger partial charge in [0, 0.05) is 17.8 Å². The number of carbonyl (C=O) groups excluding carboxylic acids is 2. The van der Waals surface area contributed by atoms with Crippen molar-refractivity contribution in [2.75, 3.05) is 25.5 Å². The SMILES string of the molecule is Cc1ccc(S(=O)(=O)N(C)CC(=O)OCC(=O)Nc2cccc(Cl)c2)cc1. The molecule has 0 atom stereocenters. The number of aryl methyl sites for hydroxylation is 1. The summed E-state index contributed by atoms with van der Waals surface area (Å²) in [4.78, 5) is 23.7. The first kappa shape index (κ1) is 20.9. The number of carbonyl (C=O) groups is 2. The van der Waals surface area contributed by atoms with Crippen LogP contribution in [0.1, 0.15) is 5.56 Å². The molecule has 0 saturated heterocycles. The molecule has 0 aromatic heterocycles. The summed E-state index contributed by atoms with van der Waals surface area (Å²) in [7, 11) is -2.56. The fourth-order valence-electron chi connectivity index (χ4n) is 2.11. The Hall–Kier alpha value is -2.42. The summed E-state index contributed by atoms with van der Waals surface area (Å²) >= 11 is 5.82. The maximum atomic E-state index is 12.4. The van der Waals surface area contributed by atoms with Gasteiger partial charge in [-0.2, -0.15) is 4.31 Å². The normalized spacial score (nSPS) is 11.3. The molecule has 0 bridgehead atoms. The van der Waals surface area contributed by atoms with Gasteiger partial charge in [0.05, 0.1) is 4.90 Å². The first-order valence-electron chi connectivity index (χ1n) is 7.92. The van der Waals surface area contributed by atoms with Crippen LogP contribution in [0.25, 0.3) is 0 Å². The van der Waals surface area contributed by atoms with E-state index in [1.807, 2.05) is 6.92 Å². The Bertz CT molecular complexity index is 929. The van der Waals surface area contributed by atoms with Gasteiger partial charge in [-0.05, 0) is 37.3 Å². The Morgan fingerprint density at radius 2 is 1.81 bits per heavy atom. The van der Waals surface area contributed by atoms with Crippen LogP contribution in [0.15, 0.2) is 53.4 Å². The number of sulfonamides is 1. The van der Waals surface area contributed by atoms with Gasteiger partial charge in [0.1, 0.15) is 6.54 Å². The Labute approximate surface area is 162 Å². The lowest BCUT2D eigenvalue weighted by Gasteiger charge is -2.16. The number of ether oxygens (including phenoxy) is 1. The highest BCUT2D eigenvalue weighted by atomic mass is 35.5. The highest BCUT2D eigenvalue weighted by Crippen LogP contribution is 2.16. The van der Waals surface area contributed by atoms with Crippen LogP contribution >= 0.6 is 11.6 Å². The average Bonchev–Trinajstić information content (AvgIpc) is 2.60. The van der Waals surface area contributed by atoms with Crippen molar-refractivity contribution in [2.45, 2.75) is 11.8 Å². The molecule has 0 radical (unpaired) electrons. The minimum Gasteiger partial charge on any atom is -0.455 e. The number of benzene rings is 2. The second-order valence-electron chi connectivity index (χ2n) is 5.79. The summed E-state index contributed by atoms with van der Waals surface area (Å²) in [6.07, 6.45) is 0. The zero-order valence-corrected chi connectivity index (χ0v) is 16.4. The molecule has 1 amide bonds. The Morgan fingerprint density at radius 3 is 2.44 bits per heavy atom. The lowest BCUT2D eigenvalue weighted by atomic mass is 10.2. The molecule has 0 aliphatic carbocycles. The number of nitrogens with zero attached hydrogens (tertiary/aromatic N) is 1. The maximum Gasteiger partial charge on any atom is 0.321 e. The van der Waals surface area contributed by atoms with Crippen molar-refractivity contribution in [3.63, 3.8) is 0 Å². The molecule has 1 N–H and O–H groups in total. The highest BCUT2D eigenvalue weighted by Gasteiger charge is 2.23. The number of halogens is 1. The van der Waals surface area contributed by atoms with Crippen molar-refractivity contribution < 1.29 is 22.7 Å². The summed E-state index contributed by atoms with van der Waals surface area (Å²) < 4.78 is 30.5. The van der Waals surface area contributed by atoms with Crippen LogP contribution in [-0.2, 0) is 24.3 Å². The number of amides is 1. The van der Waals surface area contributed by atoms with Crippen molar-refractivity contribution in [1.29, 1.82) is 0 Å². The van der Waals surface area contributed by atoms with Crippen LogP contribution in [0.4, 0.5) is 5.69 Å². The zero-order valence-electron chi connectivity index (χ0n) is 14.8. The largest absolute Gasteiger partial charge is 0.455 e. The third-order valence-corrected chi connectivity index (χ3v) is 5.61. The van der Waals surface area contributed by atoms with Crippen LogP contribution < -0.4 is 5.32 Å². The van der Waals surface area contributed by atoms with Crippen LogP contribution in [0, 0.1) is 6.92 Å².